The summed E-state index contributed by atoms with van der Waals surface area (Å²) in [6.07, 6.45) is 3.49. The number of ether oxygens (including phenoxy) is 1. The summed E-state index contributed by atoms with van der Waals surface area (Å²) in [4.78, 5) is 15.9. The normalized spacial score (nSPS) is 10.8. The minimum Gasteiger partial charge on any atom is -0.465 e. The van der Waals surface area contributed by atoms with Crippen LogP contribution in [0.4, 0.5) is 4.39 Å². The van der Waals surface area contributed by atoms with Gasteiger partial charge in [-0.3, -0.25) is 0 Å². The number of carbonyl (C=O) groups excluding carboxylic acids is 1. The molecule has 3 aromatic rings. The van der Waals surface area contributed by atoms with Gasteiger partial charge in [-0.1, -0.05) is 11.6 Å². The van der Waals surface area contributed by atoms with Gasteiger partial charge in [-0.25, -0.2) is 14.2 Å². The van der Waals surface area contributed by atoms with E-state index >= 15 is 0 Å². The number of halogens is 2. The molecule has 0 aliphatic rings. The lowest BCUT2D eigenvalue weighted by Gasteiger charge is -1.98. The highest BCUT2D eigenvalue weighted by Gasteiger charge is 2.10. The second-order valence-electron chi connectivity index (χ2n) is 4.43. The Morgan fingerprint density at radius 3 is 2.86 bits per heavy atom. The topological polar surface area (TPSA) is 43.6 Å². The van der Waals surface area contributed by atoms with E-state index in [9.17, 15) is 9.18 Å². The van der Waals surface area contributed by atoms with Crippen molar-refractivity contribution in [2.45, 2.75) is 0 Å². The zero-order chi connectivity index (χ0) is 15.0. The van der Waals surface area contributed by atoms with Crippen LogP contribution in [0.1, 0.15) is 10.4 Å². The number of carbonyl (C=O) groups is 1. The van der Waals surface area contributed by atoms with Crippen LogP contribution in [0.5, 0.6) is 0 Å². The van der Waals surface area contributed by atoms with E-state index in [1.54, 1.807) is 35.0 Å². The Labute approximate surface area is 124 Å². The van der Waals surface area contributed by atoms with E-state index in [-0.39, 0.29) is 5.02 Å². The minimum absolute atomic E-state index is 0.0415. The number of benzene rings is 1. The second-order valence-corrected chi connectivity index (χ2v) is 4.83. The molecule has 0 aliphatic heterocycles. The number of nitrogens with zero attached hydrogens (tertiary/aromatic N) is 2. The number of aromatic nitrogens is 2. The molecule has 106 valence electrons. The molecular weight excluding hydrogens is 295 g/mol. The van der Waals surface area contributed by atoms with Crippen LogP contribution < -0.4 is 0 Å². The Morgan fingerprint density at radius 1 is 1.33 bits per heavy atom. The molecular formula is C15H10ClFN2O2. The van der Waals surface area contributed by atoms with Crippen LogP contribution in [0, 0.1) is 5.82 Å². The Balaban J connectivity index is 2.08. The number of hydrogen-bond acceptors (Lipinski definition) is 3. The average Bonchev–Trinajstić information content (AvgIpc) is 2.92. The number of imidazole rings is 1. The lowest BCUT2D eigenvalue weighted by atomic mass is 10.2. The van der Waals surface area contributed by atoms with Gasteiger partial charge in [-0.05, 0) is 30.3 Å². The Morgan fingerprint density at radius 2 is 2.14 bits per heavy atom. The van der Waals surface area contributed by atoms with Gasteiger partial charge in [0.15, 0.2) is 0 Å². The van der Waals surface area contributed by atoms with Crippen molar-refractivity contribution in [3.05, 3.63) is 59.1 Å². The van der Waals surface area contributed by atoms with Crippen molar-refractivity contribution in [1.29, 1.82) is 0 Å². The Kier molecular flexibility index (Phi) is 3.35. The maximum Gasteiger partial charge on any atom is 0.338 e. The van der Waals surface area contributed by atoms with Gasteiger partial charge >= 0.3 is 5.97 Å². The summed E-state index contributed by atoms with van der Waals surface area (Å²) in [5.41, 5.74) is 2.34. The molecule has 0 fully saturated rings. The van der Waals surface area contributed by atoms with Crippen LogP contribution >= 0.6 is 11.6 Å². The zero-order valence-electron chi connectivity index (χ0n) is 11.0. The van der Waals surface area contributed by atoms with E-state index < -0.39 is 11.8 Å². The number of fused-ring (bicyclic) bond motifs is 1. The quantitative estimate of drug-likeness (QED) is 0.680. The first-order chi connectivity index (χ1) is 10.1. The molecule has 3 rings (SSSR count). The van der Waals surface area contributed by atoms with E-state index in [4.69, 9.17) is 11.6 Å². The fourth-order valence-corrected chi connectivity index (χ4v) is 2.20. The predicted octanol–water partition coefficient (Wildman–Crippen LogP) is 3.58. The molecule has 0 aliphatic carbocycles. The standard InChI is InChI=1S/C15H10ClFN2O2/c1-21-15(20)10-4-5-19-8-13(18-14(19)7-10)9-2-3-12(17)11(16)6-9/h2-8H,1H3. The van der Waals surface area contributed by atoms with Gasteiger partial charge < -0.3 is 9.14 Å². The van der Waals surface area contributed by atoms with Gasteiger partial charge in [-0.2, -0.15) is 0 Å². The fourth-order valence-electron chi connectivity index (χ4n) is 2.02. The fraction of sp³-hybridized carbons (Fsp3) is 0.0667. The predicted molar refractivity (Wildman–Crippen MR) is 76.9 cm³/mol. The summed E-state index contributed by atoms with van der Waals surface area (Å²) < 4.78 is 19.6. The third kappa shape index (κ3) is 2.48. The SMILES string of the molecule is COC(=O)c1ccn2cc(-c3ccc(F)c(Cl)c3)nc2c1. The summed E-state index contributed by atoms with van der Waals surface area (Å²) in [7, 11) is 1.32. The first-order valence-electron chi connectivity index (χ1n) is 6.11. The maximum atomic E-state index is 13.2. The van der Waals surface area contributed by atoms with E-state index in [0.717, 1.165) is 0 Å². The number of hydrogen-bond donors (Lipinski definition) is 0. The molecule has 0 spiro atoms. The smallest absolute Gasteiger partial charge is 0.338 e. The van der Waals surface area contributed by atoms with E-state index in [2.05, 4.69) is 9.72 Å². The summed E-state index contributed by atoms with van der Waals surface area (Å²) in [6.45, 7) is 0. The molecule has 2 heterocycles. The largest absolute Gasteiger partial charge is 0.465 e. The molecule has 0 bridgehead atoms. The molecule has 0 atom stereocenters. The lowest BCUT2D eigenvalue weighted by molar-refractivity contribution is 0.0600. The monoisotopic (exact) mass is 304 g/mol. The highest BCUT2D eigenvalue weighted by molar-refractivity contribution is 6.31. The number of rotatable bonds is 2. The summed E-state index contributed by atoms with van der Waals surface area (Å²) in [5, 5.41) is 0.0415. The molecule has 6 heteroatoms. The van der Waals surface area contributed by atoms with Crippen molar-refractivity contribution in [3.8, 4) is 11.3 Å². The van der Waals surface area contributed by atoms with Gasteiger partial charge in [0, 0.05) is 18.0 Å². The molecule has 0 amide bonds. The molecule has 21 heavy (non-hydrogen) atoms. The van der Waals surface area contributed by atoms with Crippen molar-refractivity contribution in [1.82, 2.24) is 9.38 Å². The van der Waals surface area contributed by atoms with Crippen molar-refractivity contribution in [2.24, 2.45) is 0 Å². The van der Waals surface area contributed by atoms with Gasteiger partial charge in [0.05, 0.1) is 23.4 Å². The third-order valence-corrected chi connectivity index (χ3v) is 3.39. The van der Waals surface area contributed by atoms with Crippen LogP contribution in [-0.2, 0) is 4.74 Å². The van der Waals surface area contributed by atoms with E-state index in [0.29, 0.717) is 22.5 Å². The molecule has 0 N–H and O–H groups in total. The molecule has 0 saturated heterocycles. The van der Waals surface area contributed by atoms with Crippen LogP contribution in [0.3, 0.4) is 0 Å². The van der Waals surface area contributed by atoms with Crippen LogP contribution in [0.2, 0.25) is 5.02 Å². The van der Waals surface area contributed by atoms with E-state index in [1.165, 1.54) is 19.2 Å². The maximum absolute atomic E-state index is 13.2. The molecule has 4 nitrogen and oxygen atoms in total. The van der Waals surface area contributed by atoms with Crippen LogP contribution in [0.25, 0.3) is 16.9 Å². The number of methoxy groups -OCH3 is 1. The van der Waals surface area contributed by atoms with Gasteiger partial charge in [0.1, 0.15) is 11.5 Å². The highest BCUT2D eigenvalue weighted by Crippen LogP contribution is 2.24. The summed E-state index contributed by atoms with van der Waals surface area (Å²) in [6, 6.07) is 7.67. The number of pyridine rings is 1. The van der Waals surface area contributed by atoms with Crippen molar-refractivity contribution >= 4 is 23.2 Å². The molecule has 1 aromatic carbocycles. The zero-order valence-corrected chi connectivity index (χ0v) is 11.8. The van der Waals surface area contributed by atoms with Crippen molar-refractivity contribution in [3.63, 3.8) is 0 Å². The van der Waals surface area contributed by atoms with Crippen molar-refractivity contribution in [2.75, 3.05) is 7.11 Å². The first-order valence-corrected chi connectivity index (χ1v) is 6.49. The van der Waals surface area contributed by atoms with Crippen LogP contribution in [0.15, 0.2) is 42.7 Å². The average molecular weight is 305 g/mol. The van der Waals surface area contributed by atoms with Gasteiger partial charge in [0.2, 0.25) is 0 Å². The summed E-state index contributed by atoms with van der Waals surface area (Å²) in [5.74, 6) is -0.899. The lowest BCUT2D eigenvalue weighted by Crippen LogP contribution is -2.01. The molecule has 0 radical (unpaired) electrons. The Bertz CT molecular complexity index is 845. The molecule has 2 aromatic heterocycles. The van der Waals surface area contributed by atoms with Crippen molar-refractivity contribution < 1.29 is 13.9 Å². The minimum atomic E-state index is -0.475. The highest BCUT2D eigenvalue weighted by atomic mass is 35.5. The van der Waals surface area contributed by atoms with E-state index in [1.807, 2.05) is 0 Å². The first kappa shape index (κ1) is 13.6. The molecule has 0 unspecified atom stereocenters. The van der Waals surface area contributed by atoms with Gasteiger partial charge in [0.25, 0.3) is 0 Å². The van der Waals surface area contributed by atoms with Crippen LogP contribution in [-0.4, -0.2) is 22.5 Å². The molecule has 0 saturated carbocycles. The number of esters is 1. The second kappa shape index (κ2) is 5.18. The Hall–Kier alpha value is -2.40. The summed E-state index contributed by atoms with van der Waals surface area (Å²) >= 11 is 5.78. The van der Waals surface area contributed by atoms with Gasteiger partial charge in [-0.15, -0.1) is 0 Å². The third-order valence-electron chi connectivity index (χ3n) is 3.10.